The maximum atomic E-state index is 9.82. The van der Waals surface area contributed by atoms with Crippen molar-refractivity contribution in [2.45, 2.75) is 25.5 Å². The Morgan fingerprint density at radius 2 is 2.38 bits per heavy atom. The van der Waals surface area contributed by atoms with E-state index in [2.05, 4.69) is 0 Å². The van der Waals surface area contributed by atoms with Crippen molar-refractivity contribution < 1.29 is 9.90 Å². The van der Waals surface area contributed by atoms with Gasteiger partial charge in [-0.1, -0.05) is 6.92 Å². The second kappa shape index (κ2) is 3.57. The number of hydrogen-bond acceptors (Lipinski definition) is 3. The van der Waals surface area contributed by atoms with Gasteiger partial charge in [0.05, 0.1) is 12.1 Å². The van der Waals surface area contributed by atoms with E-state index in [1.165, 1.54) is 0 Å². The summed E-state index contributed by atoms with van der Waals surface area (Å²) < 4.78 is 0. The van der Waals surface area contributed by atoms with Crippen molar-refractivity contribution in [3.05, 3.63) is 0 Å². The lowest BCUT2D eigenvalue weighted by Crippen LogP contribution is -2.35. The van der Waals surface area contributed by atoms with E-state index in [1.807, 2.05) is 0 Å². The zero-order valence-electron chi connectivity index (χ0n) is 4.87. The van der Waals surface area contributed by atoms with Crippen LogP contribution >= 0.6 is 0 Å². The summed E-state index contributed by atoms with van der Waals surface area (Å²) in [4.78, 5) is 9.82. The normalized spacial score (nSPS) is 17.4. The lowest BCUT2D eigenvalue weighted by molar-refractivity contribution is -0.111. The first-order chi connectivity index (χ1) is 3.72. The molecule has 0 bridgehead atoms. The quantitative estimate of drug-likeness (QED) is 0.480. The van der Waals surface area contributed by atoms with Crippen LogP contribution in [0.15, 0.2) is 0 Å². The molecule has 0 spiro atoms. The van der Waals surface area contributed by atoms with Crippen molar-refractivity contribution in [3.8, 4) is 0 Å². The fourth-order valence-corrected chi connectivity index (χ4v) is 0.363. The van der Waals surface area contributed by atoms with Gasteiger partial charge >= 0.3 is 0 Å². The van der Waals surface area contributed by atoms with Crippen LogP contribution in [0.4, 0.5) is 0 Å². The second-order valence-electron chi connectivity index (χ2n) is 1.69. The third-order valence-electron chi connectivity index (χ3n) is 1.02. The first kappa shape index (κ1) is 7.59. The Morgan fingerprint density at radius 1 is 1.88 bits per heavy atom. The van der Waals surface area contributed by atoms with Crippen LogP contribution in [0.2, 0.25) is 0 Å². The average molecular weight is 117 g/mol. The van der Waals surface area contributed by atoms with Crippen LogP contribution < -0.4 is 5.73 Å². The molecule has 0 radical (unpaired) electrons. The highest BCUT2D eigenvalue weighted by Gasteiger charge is 2.09. The molecule has 0 aromatic carbocycles. The van der Waals surface area contributed by atoms with Gasteiger partial charge in [0, 0.05) is 0 Å². The minimum atomic E-state index is -0.708. The van der Waals surface area contributed by atoms with Gasteiger partial charge in [0.1, 0.15) is 6.29 Å². The Labute approximate surface area is 48.5 Å². The molecule has 2 unspecified atom stereocenters. The van der Waals surface area contributed by atoms with Crippen molar-refractivity contribution in [1.29, 1.82) is 0 Å². The van der Waals surface area contributed by atoms with Gasteiger partial charge in [-0.15, -0.1) is 0 Å². The number of aldehydes is 1. The summed E-state index contributed by atoms with van der Waals surface area (Å²) in [6.45, 7) is 1.77. The zero-order chi connectivity index (χ0) is 6.57. The molecule has 2 atom stereocenters. The summed E-state index contributed by atoms with van der Waals surface area (Å²) in [7, 11) is 0. The monoisotopic (exact) mass is 117 g/mol. The van der Waals surface area contributed by atoms with Gasteiger partial charge in [-0.2, -0.15) is 0 Å². The summed E-state index contributed by atoms with van der Waals surface area (Å²) in [5.74, 6) is 0. The molecular weight excluding hydrogens is 106 g/mol. The average Bonchev–Trinajstić information content (AvgIpc) is 1.84. The largest absolute Gasteiger partial charge is 0.391 e. The number of carbonyl (C=O) groups is 1. The maximum Gasteiger partial charge on any atom is 0.139 e. The van der Waals surface area contributed by atoms with Gasteiger partial charge in [-0.05, 0) is 6.42 Å². The van der Waals surface area contributed by atoms with Crippen LogP contribution in [0.25, 0.3) is 0 Å². The molecule has 0 saturated carbocycles. The van der Waals surface area contributed by atoms with Crippen molar-refractivity contribution in [2.75, 3.05) is 0 Å². The first-order valence-corrected chi connectivity index (χ1v) is 2.61. The number of carbonyl (C=O) groups excluding carboxylic acids is 1. The Morgan fingerprint density at radius 3 is 2.50 bits per heavy atom. The number of rotatable bonds is 3. The highest BCUT2D eigenvalue weighted by Crippen LogP contribution is 1.90. The highest BCUT2D eigenvalue weighted by molar-refractivity contribution is 5.57. The predicted molar refractivity (Wildman–Crippen MR) is 30.3 cm³/mol. The second-order valence-corrected chi connectivity index (χ2v) is 1.69. The van der Waals surface area contributed by atoms with Crippen molar-refractivity contribution >= 4 is 6.29 Å². The molecule has 48 valence electrons. The number of aliphatic hydroxyl groups excluding tert-OH is 1. The number of nitrogens with two attached hydrogens (primary N) is 1. The Balaban J connectivity index is 3.44. The lowest BCUT2D eigenvalue weighted by Gasteiger charge is -2.08. The van der Waals surface area contributed by atoms with E-state index in [-0.39, 0.29) is 0 Å². The van der Waals surface area contributed by atoms with Crippen LogP contribution in [0, 0.1) is 0 Å². The molecule has 3 N–H and O–H groups in total. The molecule has 0 saturated heterocycles. The van der Waals surface area contributed by atoms with Crippen LogP contribution in [0.1, 0.15) is 13.3 Å². The first-order valence-electron chi connectivity index (χ1n) is 2.61. The molecule has 0 aliphatic rings. The summed E-state index contributed by atoms with van der Waals surface area (Å²) in [6, 6.07) is -0.708. The predicted octanol–water partition coefficient (Wildman–Crippen LogP) is -0.717. The Hall–Kier alpha value is -0.410. The summed E-state index contributed by atoms with van der Waals surface area (Å²) in [5, 5.41) is 8.77. The minimum Gasteiger partial charge on any atom is -0.391 e. The molecule has 8 heavy (non-hydrogen) atoms. The molecule has 0 amide bonds. The molecule has 0 rings (SSSR count). The lowest BCUT2D eigenvalue weighted by atomic mass is 10.1. The Bertz CT molecular complexity index is 74.8. The number of aliphatic hydroxyl groups is 1. The van der Waals surface area contributed by atoms with Crippen molar-refractivity contribution in [2.24, 2.45) is 5.73 Å². The number of hydrogen-bond donors (Lipinski definition) is 2. The van der Waals surface area contributed by atoms with E-state index in [9.17, 15) is 4.79 Å². The molecule has 0 aliphatic heterocycles. The van der Waals surface area contributed by atoms with E-state index >= 15 is 0 Å². The van der Waals surface area contributed by atoms with E-state index in [4.69, 9.17) is 10.8 Å². The van der Waals surface area contributed by atoms with Crippen LogP contribution in [0.3, 0.4) is 0 Å². The molecule has 0 aromatic rings. The van der Waals surface area contributed by atoms with E-state index in [0.717, 1.165) is 0 Å². The smallest absolute Gasteiger partial charge is 0.139 e. The van der Waals surface area contributed by atoms with Gasteiger partial charge in [-0.25, -0.2) is 0 Å². The fraction of sp³-hybridized carbons (Fsp3) is 0.800. The standard InChI is InChI=1S/C5H11NO2/c1-2-5(8)4(6)3-7/h3-5,8H,2,6H2,1H3. The fourth-order valence-electron chi connectivity index (χ4n) is 0.363. The molecule has 0 aromatic heterocycles. The minimum absolute atomic E-state index is 0.528. The van der Waals surface area contributed by atoms with E-state index < -0.39 is 12.1 Å². The van der Waals surface area contributed by atoms with Gasteiger partial charge < -0.3 is 15.6 Å². The van der Waals surface area contributed by atoms with Crippen LogP contribution in [-0.4, -0.2) is 23.5 Å². The summed E-state index contributed by atoms with van der Waals surface area (Å²) in [6.07, 6.45) is 0.404. The molecule has 0 aliphatic carbocycles. The van der Waals surface area contributed by atoms with Crippen molar-refractivity contribution in [1.82, 2.24) is 0 Å². The van der Waals surface area contributed by atoms with Gasteiger partial charge in [0.15, 0.2) is 0 Å². The molecule has 3 nitrogen and oxygen atoms in total. The summed E-state index contributed by atoms with van der Waals surface area (Å²) >= 11 is 0. The molecular formula is C5H11NO2. The van der Waals surface area contributed by atoms with Crippen LogP contribution in [0.5, 0.6) is 0 Å². The Kier molecular flexibility index (Phi) is 3.39. The third-order valence-corrected chi connectivity index (χ3v) is 1.02. The van der Waals surface area contributed by atoms with Gasteiger partial charge in [0.25, 0.3) is 0 Å². The van der Waals surface area contributed by atoms with Gasteiger partial charge in [0.2, 0.25) is 0 Å². The molecule has 0 fully saturated rings. The molecule has 0 heterocycles. The zero-order valence-corrected chi connectivity index (χ0v) is 4.87. The van der Waals surface area contributed by atoms with Crippen LogP contribution in [-0.2, 0) is 4.79 Å². The third kappa shape index (κ3) is 2.04. The van der Waals surface area contributed by atoms with E-state index in [0.29, 0.717) is 12.7 Å². The summed E-state index contributed by atoms with van der Waals surface area (Å²) in [5.41, 5.74) is 5.11. The maximum absolute atomic E-state index is 9.82. The topological polar surface area (TPSA) is 63.3 Å². The highest BCUT2D eigenvalue weighted by atomic mass is 16.3. The SMILES string of the molecule is CCC(O)C(N)C=O. The van der Waals surface area contributed by atoms with Crippen molar-refractivity contribution in [3.63, 3.8) is 0 Å². The van der Waals surface area contributed by atoms with Gasteiger partial charge in [-0.3, -0.25) is 0 Å². The molecule has 3 heteroatoms. The van der Waals surface area contributed by atoms with E-state index in [1.54, 1.807) is 6.92 Å².